The van der Waals surface area contributed by atoms with Crippen molar-refractivity contribution in [2.24, 2.45) is 5.16 Å². The van der Waals surface area contributed by atoms with Crippen LogP contribution in [0.1, 0.15) is 29.4 Å². The lowest BCUT2D eigenvalue weighted by Crippen LogP contribution is -2.05. The van der Waals surface area contributed by atoms with Gasteiger partial charge >= 0.3 is 6.18 Å². The molecular weight excluding hydrogens is 375 g/mol. The van der Waals surface area contributed by atoms with E-state index in [1.54, 1.807) is 13.0 Å². The summed E-state index contributed by atoms with van der Waals surface area (Å²) in [4.78, 5) is 5.28. The van der Waals surface area contributed by atoms with Gasteiger partial charge in [-0.3, -0.25) is 0 Å². The van der Waals surface area contributed by atoms with Gasteiger partial charge in [-0.05, 0) is 36.8 Å². The van der Waals surface area contributed by atoms with Gasteiger partial charge in [-0.25, -0.2) is 0 Å². The summed E-state index contributed by atoms with van der Waals surface area (Å²) in [5, 5.41) is 17.5. The third-order valence-electron chi connectivity index (χ3n) is 3.74. The largest absolute Gasteiger partial charge is 0.485 e. The molecule has 2 aromatic carbocycles. The molecule has 28 heavy (non-hydrogen) atoms. The molecule has 146 valence electrons. The maximum atomic E-state index is 12.6. The van der Waals surface area contributed by atoms with Gasteiger partial charge in [0.25, 0.3) is 0 Å². The molecule has 1 heterocycles. The van der Waals surface area contributed by atoms with Gasteiger partial charge < -0.3 is 9.57 Å². The average molecular weight is 391 g/mol. The van der Waals surface area contributed by atoms with Gasteiger partial charge in [-0.15, -0.1) is 10.2 Å². The second kappa shape index (κ2) is 8.51. The molecule has 0 fully saturated rings. The summed E-state index contributed by atoms with van der Waals surface area (Å²) in [7, 11) is 0. The lowest BCUT2D eigenvalue weighted by Gasteiger charge is -2.10. The number of nitrogens with one attached hydrogen (secondary N) is 1. The lowest BCUT2D eigenvalue weighted by molar-refractivity contribution is -0.137. The van der Waals surface area contributed by atoms with Crippen LogP contribution in [0.4, 0.5) is 13.2 Å². The first-order valence-corrected chi connectivity index (χ1v) is 8.20. The molecule has 0 atom stereocenters. The standard InChI is InChI=1S/C18H16F3N5O2/c1-12(24-28-10-13-6-8-14(9-7-13)18(19,20)21)15-4-2-3-5-16(15)27-11-17-22-25-26-23-17/h2-9H,10-11H2,1H3,(H,22,23,25,26)/b24-12+. The van der Waals surface area contributed by atoms with Crippen molar-refractivity contribution in [1.29, 1.82) is 0 Å². The van der Waals surface area contributed by atoms with Crippen LogP contribution in [-0.4, -0.2) is 26.3 Å². The number of aromatic nitrogens is 4. The average Bonchev–Trinajstić information content (AvgIpc) is 3.20. The Balaban J connectivity index is 1.62. The van der Waals surface area contributed by atoms with E-state index in [0.717, 1.165) is 12.1 Å². The first-order chi connectivity index (χ1) is 13.4. The monoisotopic (exact) mass is 391 g/mol. The Morgan fingerprint density at radius 2 is 1.82 bits per heavy atom. The zero-order valence-corrected chi connectivity index (χ0v) is 14.8. The van der Waals surface area contributed by atoms with Gasteiger partial charge in [0, 0.05) is 5.56 Å². The van der Waals surface area contributed by atoms with Gasteiger partial charge in [0.05, 0.1) is 11.3 Å². The van der Waals surface area contributed by atoms with E-state index in [1.807, 2.05) is 18.2 Å². The molecule has 3 rings (SSSR count). The first-order valence-electron chi connectivity index (χ1n) is 8.20. The van der Waals surface area contributed by atoms with E-state index < -0.39 is 11.7 Å². The van der Waals surface area contributed by atoms with E-state index in [4.69, 9.17) is 9.57 Å². The van der Waals surface area contributed by atoms with Crippen LogP contribution in [0.2, 0.25) is 0 Å². The fourth-order valence-electron chi connectivity index (χ4n) is 2.32. The minimum absolute atomic E-state index is 0.0430. The van der Waals surface area contributed by atoms with Gasteiger partial charge in [-0.1, -0.05) is 34.6 Å². The summed E-state index contributed by atoms with van der Waals surface area (Å²) in [6.45, 7) is 1.91. The highest BCUT2D eigenvalue weighted by Gasteiger charge is 2.29. The van der Waals surface area contributed by atoms with Gasteiger partial charge in [0.1, 0.15) is 12.4 Å². The van der Waals surface area contributed by atoms with Crippen LogP contribution in [-0.2, 0) is 24.2 Å². The minimum Gasteiger partial charge on any atom is -0.485 e. The molecule has 0 saturated carbocycles. The van der Waals surface area contributed by atoms with Crippen LogP contribution in [0, 0.1) is 0 Å². The number of tetrazole rings is 1. The number of aromatic amines is 1. The zero-order chi connectivity index (χ0) is 20.0. The van der Waals surface area contributed by atoms with Crippen molar-refractivity contribution < 1.29 is 22.7 Å². The van der Waals surface area contributed by atoms with E-state index >= 15 is 0 Å². The lowest BCUT2D eigenvalue weighted by atomic mass is 10.1. The molecule has 0 saturated heterocycles. The fourth-order valence-corrected chi connectivity index (χ4v) is 2.32. The number of para-hydroxylation sites is 1. The maximum absolute atomic E-state index is 12.6. The first kappa shape index (κ1) is 19.3. The molecule has 10 heteroatoms. The molecule has 0 radical (unpaired) electrons. The van der Waals surface area contributed by atoms with Gasteiger partial charge in [-0.2, -0.15) is 18.4 Å². The predicted molar refractivity (Wildman–Crippen MR) is 93.4 cm³/mol. The van der Waals surface area contributed by atoms with Crippen molar-refractivity contribution in [3.8, 4) is 5.75 Å². The highest BCUT2D eigenvalue weighted by atomic mass is 19.4. The molecule has 0 aliphatic rings. The number of rotatable bonds is 7. The number of alkyl halides is 3. The Morgan fingerprint density at radius 3 is 2.50 bits per heavy atom. The quantitative estimate of drug-likeness (QED) is 0.490. The highest BCUT2D eigenvalue weighted by molar-refractivity contribution is 6.00. The Morgan fingerprint density at radius 1 is 1.07 bits per heavy atom. The fraction of sp³-hybridized carbons (Fsp3) is 0.222. The van der Waals surface area contributed by atoms with Crippen LogP contribution in [0.25, 0.3) is 0 Å². The summed E-state index contributed by atoms with van der Waals surface area (Å²) in [6.07, 6.45) is -4.36. The zero-order valence-electron chi connectivity index (χ0n) is 14.8. The third kappa shape index (κ3) is 5.06. The van der Waals surface area contributed by atoms with Crippen LogP contribution < -0.4 is 4.74 Å². The van der Waals surface area contributed by atoms with E-state index in [0.29, 0.717) is 28.4 Å². The molecule has 0 amide bonds. The number of hydrogen-bond acceptors (Lipinski definition) is 6. The molecule has 1 aromatic heterocycles. The molecule has 0 bridgehead atoms. The second-order valence-corrected chi connectivity index (χ2v) is 5.76. The summed E-state index contributed by atoms with van der Waals surface area (Å²) < 4.78 is 43.4. The number of nitrogens with zero attached hydrogens (tertiary/aromatic N) is 4. The molecule has 7 nitrogen and oxygen atoms in total. The SMILES string of the molecule is C/C(=N\OCc1ccc(C(F)(F)F)cc1)c1ccccc1OCc1nn[nH]n1. The molecule has 0 aliphatic carbocycles. The van der Waals surface area contributed by atoms with E-state index in [9.17, 15) is 13.2 Å². The van der Waals surface area contributed by atoms with Crippen molar-refractivity contribution in [2.75, 3.05) is 0 Å². The number of hydrogen-bond donors (Lipinski definition) is 1. The van der Waals surface area contributed by atoms with Crippen molar-refractivity contribution in [3.63, 3.8) is 0 Å². The molecule has 3 aromatic rings. The number of benzene rings is 2. The van der Waals surface area contributed by atoms with Gasteiger partial charge in [0.2, 0.25) is 5.82 Å². The Bertz CT molecular complexity index is 925. The van der Waals surface area contributed by atoms with Crippen LogP contribution in [0.15, 0.2) is 53.7 Å². The maximum Gasteiger partial charge on any atom is 0.416 e. The van der Waals surface area contributed by atoms with Crippen molar-refractivity contribution in [1.82, 2.24) is 20.6 Å². The summed E-state index contributed by atoms with van der Waals surface area (Å²) in [5.41, 5.74) is 1.13. The van der Waals surface area contributed by atoms with E-state index in [-0.39, 0.29) is 13.2 Å². The summed E-state index contributed by atoms with van der Waals surface area (Å²) >= 11 is 0. The Labute approximate surface area is 158 Å². The molecule has 0 unspecified atom stereocenters. The molecule has 0 spiro atoms. The normalized spacial score (nSPS) is 12.1. The molecule has 0 aliphatic heterocycles. The number of H-pyrrole nitrogens is 1. The van der Waals surface area contributed by atoms with E-state index in [1.165, 1.54) is 12.1 Å². The van der Waals surface area contributed by atoms with E-state index in [2.05, 4.69) is 25.8 Å². The van der Waals surface area contributed by atoms with Crippen LogP contribution in [0.3, 0.4) is 0 Å². The summed E-state index contributed by atoms with van der Waals surface area (Å²) in [6, 6.07) is 11.9. The molecule has 1 N–H and O–H groups in total. The van der Waals surface area contributed by atoms with Crippen LogP contribution in [0.5, 0.6) is 5.75 Å². The second-order valence-electron chi connectivity index (χ2n) is 5.76. The molecular formula is C18H16F3N5O2. The number of oxime groups is 1. The summed E-state index contributed by atoms with van der Waals surface area (Å²) in [5.74, 6) is 0.967. The van der Waals surface area contributed by atoms with Crippen LogP contribution >= 0.6 is 0 Å². The smallest absolute Gasteiger partial charge is 0.416 e. The Hall–Kier alpha value is -3.43. The number of halogens is 3. The minimum atomic E-state index is -4.36. The van der Waals surface area contributed by atoms with Crippen molar-refractivity contribution in [2.45, 2.75) is 26.3 Å². The highest BCUT2D eigenvalue weighted by Crippen LogP contribution is 2.29. The predicted octanol–water partition coefficient (Wildman–Crippen LogP) is 3.74. The third-order valence-corrected chi connectivity index (χ3v) is 3.74. The van der Waals surface area contributed by atoms with Crippen molar-refractivity contribution in [3.05, 3.63) is 71.0 Å². The van der Waals surface area contributed by atoms with Gasteiger partial charge in [0.15, 0.2) is 6.61 Å². The topological polar surface area (TPSA) is 85.3 Å². The number of ether oxygens (including phenoxy) is 1. The van der Waals surface area contributed by atoms with Crippen molar-refractivity contribution >= 4 is 5.71 Å². The Kier molecular flexibility index (Phi) is 5.87.